The van der Waals surface area contributed by atoms with Crippen molar-refractivity contribution in [2.45, 2.75) is 39.3 Å². The molecule has 1 N–H and O–H groups in total. The van der Waals surface area contributed by atoms with Crippen LogP contribution in [0.2, 0.25) is 0 Å². The predicted molar refractivity (Wildman–Crippen MR) is 48.8 cm³/mol. The maximum Gasteiger partial charge on any atom is 0.0167 e. The molecule has 2 nitrogen and oxygen atoms in total. The SMILES string of the molecule is CC[C@@H](C)N1CCN[C@H](C)C1. The minimum atomic E-state index is 0.678. The molecule has 0 amide bonds. The number of hydrogen-bond acceptors (Lipinski definition) is 2. The second-order valence-corrected chi connectivity index (χ2v) is 3.61. The summed E-state index contributed by atoms with van der Waals surface area (Å²) in [6.45, 7) is 10.4. The molecule has 2 atom stereocenters. The smallest absolute Gasteiger partial charge is 0.0167 e. The standard InChI is InChI=1S/C9H20N2/c1-4-9(3)11-6-5-10-8(2)7-11/h8-10H,4-7H2,1-3H3/t8-,9-/m1/s1. The Kier molecular flexibility index (Phi) is 3.34. The van der Waals surface area contributed by atoms with E-state index in [-0.39, 0.29) is 0 Å². The van der Waals surface area contributed by atoms with E-state index >= 15 is 0 Å². The maximum absolute atomic E-state index is 3.45. The van der Waals surface area contributed by atoms with Gasteiger partial charge in [0.2, 0.25) is 0 Å². The van der Waals surface area contributed by atoms with Crippen LogP contribution in [-0.4, -0.2) is 36.6 Å². The lowest BCUT2D eigenvalue weighted by Gasteiger charge is -2.35. The van der Waals surface area contributed by atoms with Crippen LogP contribution in [0, 0.1) is 0 Å². The zero-order valence-corrected chi connectivity index (χ0v) is 7.93. The van der Waals surface area contributed by atoms with Gasteiger partial charge < -0.3 is 5.32 Å². The Morgan fingerprint density at radius 3 is 2.91 bits per heavy atom. The van der Waals surface area contributed by atoms with Gasteiger partial charge in [-0.15, -0.1) is 0 Å². The second-order valence-electron chi connectivity index (χ2n) is 3.61. The second kappa shape index (κ2) is 4.07. The molecule has 1 heterocycles. The highest BCUT2D eigenvalue weighted by Gasteiger charge is 2.18. The van der Waals surface area contributed by atoms with Crippen LogP contribution in [0.25, 0.3) is 0 Å². The third kappa shape index (κ3) is 2.46. The number of piperazine rings is 1. The summed E-state index contributed by atoms with van der Waals surface area (Å²) < 4.78 is 0. The summed E-state index contributed by atoms with van der Waals surface area (Å²) in [5.74, 6) is 0. The molecule has 0 spiro atoms. The van der Waals surface area contributed by atoms with E-state index in [1.54, 1.807) is 0 Å². The molecule has 1 aliphatic rings. The molecule has 1 rings (SSSR count). The molecular formula is C9H20N2. The molecule has 1 saturated heterocycles. The Balaban J connectivity index is 2.33. The van der Waals surface area contributed by atoms with Gasteiger partial charge in [0.1, 0.15) is 0 Å². The summed E-state index contributed by atoms with van der Waals surface area (Å²) in [4.78, 5) is 2.57. The molecule has 0 saturated carbocycles. The molecular weight excluding hydrogens is 136 g/mol. The van der Waals surface area contributed by atoms with Crippen molar-refractivity contribution in [1.82, 2.24) is 10.2 Å². The van der Waals surface area contributed by atoms with Crippen molar-refractivity contribution < 1.29 is 0 Å². The number of nitrogens with zero attached hydrogens (tertiary/aromatic N) is 1. The quantitative estimate of drug-likeness (QED) is 0.643. The Morgan fingerprint density at radius 1 is 1.64 bits per heavy atom. The molecule has 0 aromatic carbocycles. The van der Waals surface area contributed by atoms with E-state index in [1.165, 1.54) is 19.5 Å². The molecule has 0 aliphatic carbocycles. The molecule has 1 fully saturated rings. The van der Waals surface area contributed by atoms with Gasteiger partial charge in [-0.05, 0) is 20.3 Å². The lowest BCUT2D eigenvalue weighted by molar-refractivity contribution is 0.155. The fourth-order valence-corrected chi connectivity index (χ4v) is 1.62. The zero-order chi connectivity index (χ0) is 8.27. The van der Waals surface area contributed by atoms with E-state index in [0.717, 1.165) is 12.6 Å². The zero-order valence-electron chi connectivity index (χ0n) is 7.93. The molecule has 0 aromatic heterocycles. The first-order valence-corrected chi connectivity index (χ1v) is 4.71. The minimum absolute atomic E-state index is 0.678. The van der Waals surface area contributed by atoms with Gasteiger partial charge in [0.05, 0.1) is 0 Å². The van der Waals surface area contributed by atoms with E-state index in [9.17, 15) is 0 Å². The van der Waals surface area contributed by atoms with Gasteiger partial charge in [-0.1, -0.05) is 6.92 Å². The maximum atomic E-state index is 3.45. The lowest BCUT2D eigenvalue weighted by atomic mass is 10.1. The van der Waals surface area contributed by atoms with Gasteiger partial charge in [-0.3, -0.25) is 4.90 Å². The van der Waals surface area contributed by atoms with Crippen LogP contribution in [0.1, 0.15) is 27.2 Å². The minimum Gasteiger partial charge on any atom is -0.312 e. The topological polar surface area (TPSA) is 15.3 Å². The van der Waals surface area contributed by atoms with Gasteiger partial charge in [0.15, 0.2) is 0 Å². The average molecular weight is 156 g/mol. The average Bonchev–Trinajstić information content (AvgIpc) is 2.03. The number of hydrogen-bond donors (Lipinski definition) is 1. The Hall–Kier alpha value is -0.0800. The van der Waals surface area contributed by atoms with Crippen molar-refractivity contribution in [3.05, 3.63) is 0 Å². The summed E-state index contributed by atoms with van der Waals surface area (Å²) in [5, 5.41) is 3.45. The third-order valence-corrected chi connectivity index (χ3v) is 2.61. The van der Waals surface area contributed by atoms with Crippen molar-refractivity contribution in [3.63, 3.8) is 0 Å². The molecule has 2 heteroatoms. The van der Waals surface area contributed by atoms with E-state index in [1.807, 2.05) is 0 Å². The molecule has 0 unspecified atom stereocenters. The Bertz CT molecular complexity index is 114. The Morgan fingerprint density at radius 2 is 2.36 bits per heavy atom. The van der Waals surface area contributed by atoms with Crippen LogP contribution in [-0.2, 0) is 0 Å². The Labute approximate surface area is 70.0 Å². The van der Waals surface area contributed by atoms with Gasteiger partial charge in [-0.2, -0.15) is 0 Å². The van der Waals surface area contributed by atoms with Crippen LogP contribution in [0.4, 0.5) is 0 Å². The largest absolute Gasteiger partial charge is 0.312 e. The molecule has 66 valence electrons. The van der Waals surface area contributed by atoms with Gasteiger partial charge in [0.25, 0.3) is 0 Å². The molecule has 0 radical (unpaired) electrons. The summed E-state index contributed by atoms with van der Waals surface area (Å²) in [6, 6.07) is 1.44. The van der Waals surface area contributed by atoms with Crippen LogP contribution in [0.5, 0.6) is 0 Å². The third-order valence-electron chi connectivity index (χ3n) is 2.61. The van der Waals surface area contributed by atoms with E-state index in [0.29, 0.717) is 6.04 Å². The highest BCUT2D eigenvalue weighted by Crippen LogP contribution is 2.06. The van der Waals surface area contributed by atoms with Crippen molar-refractivity contribution in [3.8, 4) is 0 Å². The monoisotopic (exact) mass is 156 g/mol. The van der Waals surface area contributed by atoms with Crippen molar-refractivity contribution in [2.75, 3.05) is 19.6 Å². The van der Waals surface area contributed by atoms with Crippen molar-refractivity contribution in [2.24, 2.45) is 0 Å². The van der Waals surface area contributed by atoms with Crippen LogP contribution < -0.4 is 5.32 Å². The number of nitrogens with one attached hydrogen (secondary N) is 1. The molecule has 0 aromatic rings. The first-order valence-electron chi connectivity index (χ1n) is 4.71. The fraction of sp³-hybridized carbons (Fsp3) is 1.00. The van der Waals surface area contributed by atoms with Crippen LogP contribution in [0.15, 0.2) is 0 Å². The molecule has 11 heavy (non-hydrogen) atoms. The summed E-state index contributed by atoms with van der Waals surface area (Å²) in [6.07, 6.45) is 1.27. The fourth-order valence-electron chi connectivity index (χ4n) is 1.62. The van der Waals surface area contributed by atoms with Crippen LogP contribution >= 0.6 is 0 Å². The summed E-state index contributed by atoms with van der Waals surface area (Å²) in [7, 11) is 0. The van der Waals surface area contributed by atoms with E-state index in [2.05, 4.69) is 31.0 Å². The predicted octanol–water partition coefficient (Wildman–Crippen LogP) is 1.08. The highest BCUT2D eigenvalue weighted by atomic mass is 15.2. The highest BCUT2D eigenvalue weighted by molar-refractivity contribution is 4.77. The van der Waals surface area contributed by atoms with Crippen molar-refractivity contribution >= 4 is 0 Å². The van der Waals surface area contributed by atoms with Crippen molar-refractivity contribution in [1.29, 1.82) is 0 Å². The normalized spacial score (nSPS) is 30.3. The van der Waals surface area contributed by atoms with Gasteiger partial charge in [-0.25, -0.2) is 0 Å². The van der Waals surface area contributed by atoms with Gasteiger partial charge >= 0.3 is 0 Å². The van der Waals surface area contributed by atoms with Crippen LogP contribution in [0.3, 0.4) is 0 Å². The molecule has 1 aliphatic heterocycles. The first-order chi connectivity index (χ1) is 5.24. The number of rotatable bonds is 2. The van der Waals surface area contributed by atoms with E-state index < -0.39 is 0 Å². The molecule has 0 bridgehead atoms. The first kappa shape index (κ1) is 9.01. The summed E-state index contributed by atoms with van der Waals surface area (Å²) in [5.41, 5.74) is 0. The summed E-state index contributed by atoms with van der Waals surface area (Å²) >= 11 is 0. The van der Waals surface area contributed by atoms with E-state index in [4.69, 9.17) is 0 Å². The lowest BCUT2D eigenvalue weighted by Crippen LogP contribution is -2.51. The van der Waals surface area contributed by atoms with Gasteiger partial charge in [0, 0.05) is 31.7 Å².